The number of amides is 1. The standard InChI is InChI=1S/C15H25N3O2/c1-11(13-6-5-8-16-13)18-9-7-12(10-18)17-14(19)20-15(2,3)4/h5-6,8,11-12,16H,7,9-10H2,1-4H3,(H,17,19)/t11-,12-/m0/s1. The third-order valence-corrected chi connectivity index (χ3v) is 3.56. The van der Waals surface area contributed by atoms with E-state index >= 15 is 0 Å². The van der Waals surface area contributed by atoms with Crippen molar-refractivity contribution in [2.45, 2.75) is 51.8 Å². The summed E-state index contributed by atoms with van der Waals surface area (Å²) >= 11 is 0. The van der Waals surface area contributed by atoms with Gasteiger partial charge in [-0.3, -0.25) is 4.90 Å². The van der Waals surface area contributed by atoms with Crippen LogP contribution in [0.2, 0.25) is 0 Å². The summed E-state index contributed by atoms with van der Waals surface area (Å²) in [5.74, 6) is 0. The molecule has 1 saturated heterocycles. The van der Waals surface area contributed by atoms with E-state index in [-0.39, 0.29) is 12.1 Å². The summed E-state index contributed by atoms with van der Waals surface area (Å²) in [5.41, 5.74) is 0.767. The van der Waals surface area contributed by atoms with Crippen molar-refractivity contribution in [3.05, 3.63) is 24.0 Å². The van der Waals surface area contributed by atoms with E-state index in [0.29, 0.717) is 6.04 Å². The molecular weight excluding hydrogens is 254 g/mol. The van der Waals surface area contributed by atoms with Crippen molar-refractivity contribution >= 4 is 6.09 Å². The van der Waals surface area contributed by atoms with Crippen molar-refractivity contribution in [2.24, 2.45) is 0 Å². The average Bonchev–Trinajstić information content (AvgIpc) is 2.95. The van der Waals surface area contributed by atoms with Crippen LogP contribution in [-0.4, -0.2) is 40.7 Å². The summed E-state index contributed by atoms with van der Waals surface area (Å²) in [6.07, 6.45) is 2.58. The third kappa shape index (κ3) is 4.00. The molecule has 1 aromatic heterocycles. The fourth-order valence-corrected chi connectivity index (χ4v) is 2.53. The molecule has 0 bridgehead atoms. The van der Waals surface area contributed by atoms with Crippen molar-refractivity contribution in [3.63, 3.8) is 0 Å². The molecule has 1 aromatic rings. The van der Waals surface area contributed by atoms with Crippen molar-refractivity contribution in [2.75, 3.05) is 13.1 Å². The van der Waals surface area contributed by atoms with Gasteiger partial charge in [0.2, 0.25) is 0 Å². The maximum absolute atomic E-state index is 11.8. The van der Waals surface area contributed by atoms with E-state index in [1.165, 1.54) is 5.69 Å². The Morgan fingerprint density at radius 3 is 2.90 bits per heavy atom. The molecule has 2 rings (SSSR count). The highest BCUT2D eigenvalue weighted by Gasteiger charge is 2.29. The number of likely N-dealkylation sites (tertiary alicyclic amines) is 1. The van der Waals surface area contributed by atoms with Crippen LogP contribution < -0.4 is 5.32 Å². The zero-order valence-corrected chi connectivity index (χ0v) is 12.8. The van der Waals surface area contributed by atoms with Crippen molar-refractivity contribution in [3.8, 4) is 0 Å². The van der Waals surface area contributed by atoms with Gasteiger partial charge in [-0.1, -0.05) is 0 Å². The Bertz CT molecular complexity index is 436. The highest BCUT2D eigenvalue weighted by Crippen LogP contribution is 2.23. The Morgan fingerprint density at radius 2 is 2.30 bits per heavy atom. The Morgan fingerprint density at radius 1 is 1.55 bits per heavy atom. The second-order valence-corrected chi connectivity index (χ2v) is 6.43. The molecule has 0 saturated carbocycles. The molecule has 112 valence electrons. The van der Waals surface area contributed by atoms with Gasteiger partial charge in [-0.15, -0.1) is 0 Å². The van der Waals surface area contributed by atoms with E-state index in [0.717, 1.165) is 19.5 Å². The first kappa shape index (κ1) is 14.9. The number of carbonyl (C=O) groups is 1. The topological polar surface area (TPSA) is 57.4 Å². The van der Waals surface area contributed by atoms with Gasteiger partial charge in [0.05, 0.1) is 0 Å². The van der Waals surface area contributed by atoms with E-state index in [2.05, 4.69) is 28.2 Å². The van der Waals surface area contributed by atoms with Gasteiger partial charge in [0.15, 0.2) is 0 Å². The number of nitrogens with one attached hydrogen (secondary N) is 2. The minimum atomic E-state index is -0.445. The molecule has 0 aliphatic carbocycles. The molecule has 5 nitrogen and oxygen atoms in total. The Kier molecular flexibility index (Phi) is 4.38. The molecule has 2 atom stereocenters. The fraction of sp³-hybridized carbons (Fsp3) is 0.667. The van der Waals surface area contributed by atoms with Crippen LogP contribution >= 0.6 is 0 Å². The van der Waals surface area contributed by atoms with Gasteiger partial charge in [0, 0.05) is 37.1 Å². The average molecular weight is 279 g/mol. The van der Waals surface area contributed by atoms with Gasteiger partial charge in [0.1, 0.15) is 5.60 Å². The first-order valence-corrected chi connectivity index (χ1v) is 7.22. The molecule has 0 spiro atoms. The zero-order valence-electron chi connectivity index (χ0n) is 12.8. The summed E-state index contributed by atoms with van der Waals surface area (Å²) in [5, 5.41) is 2.95. The lowest BCUT2D eigenvalue weighted by atomic mass is 10.2. The number of rotatable bonds is 3. The predicted molar refractivity (Wildman–Crippen MR) is 78.6 cm³/mol. The minimum absolute atomic E-state index is 0.169. The number of hydrogen-bond acceptors (Lipinski definition) is 3. The number of aromatic amines is 1. The largest absolute Gasteiger partial charge is 0.444 e. The van der Waals surface area contributed by atoms with Gasteiger partial charge in [0.25, 0.3) is 0 Å². The third-order valence-electron chi connectivity index (χ3n) is 3.56. The molecule has 1 amide bonds. The molecule has 1 aliphatic heterocycles. The van der Waals surface area contributed by atoms with Crippen LogP contribution in [0.4, 0.5) is 4.79 Å². The Hall–Kier alpha value is -1.49. The summed E-state index contributed by atoms with van der Waals surface area (Å²) in [6.45, 7) is 9.66. The van der Waals surface area contributed by atoms with Crippen LogP contribution in [0.25, 0.3) is 0 Å². The number of aromatic nitrogens is 1. The summed E-state index contributed by atoms with van der Waals surface area (Å²) < 4.78 is 5.29. The van der Waals surface area contributed by atoms with Crippen LogP contribution in [0.15, 0.2) is 18.3 Å². The first-order chi connectivity index (χ1) is 9.35. The van der Waals surface area contributed by atoms with Crippen molar-refractivity contribution < 1.29 is 9.53 Å². The number of hydrogen-bond donors (Lipinski definition) is 2. The van der Waals surface area contributed by atoms with Crippen LogP contribution in [-0.2, 0) is 4.74 Å². The number of alkyl carbamates (subject to hydrolysis) is 1. The normalized spacial score (nSPS) is 21.7. The van der Waals surface area contributed by atoms with Crippen LogP contribution in [0.5, 0.6) is 0 Å². The van der Waals surface area contributed by atoms with Crippen molar-refractivity contribution in [1.82, 2.24) is 15.2 Å². The number of H-pyrrole nitrogens is 1. The summed E-state index contributed by atoms with van der Waals surface area (Å²) in [7, 11) is 0. The molecule has 5 heteroatoms. The zero-order chi connectivity index (χ0) is 14.8. The highest BCUT2D eigenvalue weighted by atomic mass is 16.6. The van der Waals surface area contributed by atoms with Gasteiger partial charge in [-0.05, 0) is 46.2 Å². The van der Waals surface area contributed by atoms with E-state index in [4.69, 9.17) is 4.74 Å². The Labute approximate surface area is 120 Å². The maximum atomic E-state index is 11.8. The van der Waals surface area contributed by atoms with Gasteiger partial charge >= 0.3 is 6.09 Å². The number of ether oxygens (including phenoxy) is 1. The molecule has 0 unspecified atom stereocenters. The lowest BCUT2D eigenvalue weighted by Gasteiger charge is -2.24. The predicted octanol–water partition coefficient (Wildman–Crippen LogP) is 2.67. The lowest BCUT2D eigenvalue weighted by Crippen LogP contribution is -2.40. The highest BCUT2D eigenvalue weighted by molar-refractivity contribution is 5.68. The number of carbonyl (C=O) groups excluding carboxylic acids is 1. The maximum Gasteiger partial charge on any atom is 0.407 e. The van der Waals surface area contributed by atoms with Gasteiger partial charge in [-0.2, -0.15) is 0 Å². The van der Waals surface area contributed by atoms with Gasteiger partial charge < -0.3 is 15.0 Å². The van der Waals surface area contributed by atoms with E-state index in [9.17, 15) is 4.79 Å². The monoisotopic (exact) mass is 279 g/mol. The molecule has 0 radical (unpaired) electrons. The van der Waals surface area contributed by atoms with Crippen LogP contribution in [0, 0.1) is 0 Å². The Balaban J connectivity index is 1.82. The smallest absolute Gasteiger partial charge is 0.407 e. The molecule has 1 fully saturated rings. The van der Waals surface area contributed by atoms with Gasteiger partial charge in [-0.25, -0.2) is 4.79 Å². The van der Waals surface area contributed by atoms with E-state index < -0.39 is 5.60 Å². The first-order valence-electron chi connectivity index (χ1n) is 7.22. The molecule has 1 aliphatic rings. The van der Waals surface area contributed by atoms with Crippen LogP contribution in [0.3, 0.4) is 0 Å². The molecule has 2 heterocycles. The fourth-order valence-electron chi connectivity index (χ4n) is 2.53. The number of nitrogens with zero attached hydrogens (tertiary/aromatic N) is 1. The lowest BCUT2D eigenvalue weighted by molar-refractivity contribution is 0.0504. The molecule has 20 heavy (non-hydrogen) atoms. The second-order valence-electron chi connectivity index (χ2n) is 6.43. The second kappa shape index (κ2) is 5.87. The SMILES string of the molecule is C[C@@H](c1ccc[nH]1)N1CC[C@H](NC(=O)OC(C)(C)C)C1. The summed E-state index contributed by atoms with van der Waals surface area (Å²) in [6, 6.07) is 4.62. The minimum Gasteiger partial charge on any atom is -0.444 e. The van der Waals surface area contributed by atoms with E-state index in [1.807, 2.05) is 33.0 Å². The van der Waals surface area contributed by atoms with Crippen molar-refractivity contribution in [1.29, 1.82) is 0 Å². The quantitative estimate of drug-likeness (QED) is 0.894. The van der Waals surface area contributed by atoms with E-state index in [1.54, 1.807) is 0 Å². The summed E-state index contributed by atoms with van der Waals surface area (Å²) in [4.78, 5) is 17.4. The molecule has 0 aromatic carbocycles. The molecular formula is C15H25N3O2. The van der Waals surface area contributed by atoms with Crippen LogP contribution in [0.1, 0.15) is 45.9 Å². The molecule has 2 N–H and O–H groups in total.